The van der Waals surface area contributed by atoms with Gasteiger partial charge in [0.1, 0.15) is 17.6 Å². The summed E-state index contributed by atoms with van der Waals surface area (Å²) >= 11 is 0. The molecule has 0 bridgehead atoms. The average Bonchev–Trinajstić information content (AvgIpc) is 2.37. The number of alkyl halides is 3. The number of nitriles is 1. The number of pyridine rings is 1. The van der Waals surface area contributed by atoms with Gasteiger partial charge in [0.05, 0.1) is 11.7 Å². The third-order valence-electron chi connectivity index (χ3n) is 3.13. The Bertz CT molecular complexity index is 525. The minimum atomic E-state index is -4.52. The quantitative estimate of drug-likeness (QED) is 0.907. The fraction of sp³-hybridized carbons (Fsp3) is 0.538. The van der Waals surface area contributed by atoms with Crippen LogP contribution in [0.25, 0.3) is 0 Å². The van der Waals surface area contributed by atoms with Gasteiger partial charge in [-0.15, -0.1) is 0 Å². The molecule has 0 aromatic carbocycles. The SMILES string of the molecule is CC1CC(Nc2nc(C(F)(F)F)ccc2C#N)CCO1. The number of rotatable bonds is 2. The van der Waals surface area contributed by atoms with Crippen molar-refractivity contribution in [1.29, 1.82) is 5.26 Å². The van der Waals surface area contributed by atoms with Crippen molar-refractivity contribution in [3.8, 4) is 6.07 Å². The minimum Gasteiger partial charge on any atom is -0.378 e. The third kappa shape index (κ3) is 3.39. The van der Waals surface area contributed by atoms with Crippen LogP contribution in [-0.2, 0) is 10.9 Å². The van der Waals surface area contributed by atoms with E-state index in [9.17, 15) is 13.2 Å². The topological polar surface area (TPSA) is 57.9 Å². The summed E-state index contributed by atoms with van der Waals surface area (Å²) in [5.74, 6) is -0.0126. The van der Waals surface area contributed by atoms with Gasteiger partial charge in [0.2, 0.25) is 0 Å². The number of aromatic nitrogens is 1. The fourth-order valence-corrected chi connectivity index (χ4v) is 2.14. The van der Waals surface area contributed by atoms with Crippen LogP contribution in [0.1, 0.15) is 31.0 Å². The summed E-state index contributed by atoms with van der Waals surface area (Å²) in [7, 11) is 0. The highest BCUT2D eigenvalue weighted by Crippen LogP contribution is 2.30. The summed E-state index contributed by atoms with van der Waals surface area (Å²) in [6, 6.07) is 3.77. The van der Waals surface area contributed by atoms with Gasteiger partial charge in [-0.1, -0.05) is 0 Å². The lowest BCUT2D eigenvalue weighted by Crippen LogP contribution is -2.33. The van der Waals surface area contributed by atoms with Crippen molar-refractivity contribution in [2.75, 3.05) is 11.9 Å². The zero-order valence-electron chi connectivity index (χ0n) is 10.9. The van der Waals surface area contributed by atoms with E-state index in [1.165, 1.54) is 0 Å². The van der Waals surface area contributed by atoms with Crippen molar-refractivity contribution in [2.45, 2.75) is 38.1 Å². The van der Waals surface area contributed by atoms with E-state index in [0.29, 0.717) is 19.4 Å². The van der Waals surface area contributed by atoms with Crippen LogP contribution >= 0.6 is 0 Å². The first-order valence-electron chi connectivity index (χ1n) is 6.26. The Balaban J connectivity index is 2.23. The van der Waals surface area contributed by atoms with E-state index in [1.807, 2.05) is 13.0 Å². The summed E-state index contributed by atoms with van der Waals surface area (Å²) in [4.78, 5) is 3.53. The minimum absolute atomic E-state index is 0.0126. The summed E-state index contributed by atoms with van der Waals surface area (Å²) in [6.45, 7) is 2.44. The molecule has 108 valence electrons. The van der Waals surface area contributed by atoms with Gasteiger partial charge in [0, 0.05) is 12.6 Å². The maximum atomic E-state index is 12.7. The highest BCUT2D eigenvalue weighted by molar-refractivity contribution is 5.53. The number of ether oxygens (including phenoxy) is 1. The van der Waals surface area contributed by atoms with Crippen molar-refractivity contribution in [1.82, 2.24) is 4.98 Å². The van der Waals surface area contributed by atoms with Gasteiger partial charge in [-0.2, -0.15) is 18.4 Å². The molecule has 2 heterocycles. The molecule has 1 aliphatic rings. The number of hydrogen-bond donors (Lipinski definition) is 1. The molecule has 0 spiro atoms. The van der Waals surface area contributed by atoms with Crippen LogP contribution in [0.2, 0.25) is 0 Å². The van der Waals surface area contributed by atoms with E-state index < -0.39 is 11.9 Å². The monoisotopic (exact) mass is 285 g/mol. The molecule has 0 saturated carbocycles. The van der Waals surface area contributed by atoms with Gasteiger partial charge in [-0.05, 0) is 31.9 Å². The fourth-order valence-electron chi connectivity index (χ4n) is 2.14. The lowest BCUT2D eigenvalue weighted by atomic mass is 10.0. The Labute approximate surface area is 114 Å². The van der Waals surface area contributed by atoms with Crippen LogP contribution in [-0.4, -0.2) is 23.7 Å². The molecule has 2 rings (SSSR count). The summed E-state index contributed by atoms with van der Waals surface area (Å²) in [6.07, 6.45) is -3.14. The first-order valence-corrected chi connectivity index (χ1v) is 6.26. The van der Waals surface area contributed by atoms with Gasteiger partial charge in [-0.3, -0.25) is 0 Å². The van der Waals surface area contributed by atoms with Crippen molar-refractivity contribution < 1.29 is 17.9 Å². The number of nitrogens with zero attached hydrogens (tertiary/aromatic N) is 2. The summed E-state index contributed by atoms with van der Waals surface area (Å²) in [5, 5.41) is 11.9. The highest BCUT2D eigenvalue weighted by atomic mass is 19.4. The first-order chi connectivity index (χ1) is 9.40. The van der Waals surface area contributed by atoms with Gasteiger partial charge >= 0.3 is 6.18 Å². The number of anilines is 1. The van der Waals surface area contributed by atoms with Crippen LogP contribution in [0.5, 0.6) is 0 Å². The molecule has 2 unspecified atom stereocenters. The molecule has 2 atom stereocenters. The molecule has 1 saturated heterocycles. The lowest BCUT2D eigenvalue weighted by molar-refractivity contribution is -0.141. The standard InChI is InChI=1S/C13H14F3N3O/c1-8-6-10(4-5-20-8)18-12-9(7-17)2-3-11(19-12)13(14,15)16/h2-3,8,10H,4-6H2,1H3,(H,18,19). The van der Waals surface area contributed by atoms with Crippen LogP contribution in [0, 0.1) is 11.3 Å². The molecular weight excluding hydrogens is 271 g/mol. The van der Waals surface area contributed by atoms with Crippen LogP contribution in [0.4, 0.5) is 19.0 Å². The van der Waals surface area contributed by atoms with Crippen molar-refractivity contribution in [3.05, 3.63) is 23.4 Å². The molecule has 1 aliphatic heterocycles. The van der Waals surface area contributed by atoms with Gasteiger partial charge < -0.3 is 10.1 Å². The smallest absolute Gasteiger partial charge is 0.378 e. The molecule has 0 amide bonds. The molecule has 1 aromatic rings. The van der Waals surface area contributed by atoms with Crippen molar-refractivity contribution >= 4 is 5.82 Å². The van der Waals surface area contributed by atoms with Crippen molar-refractivity contribution in [3.63, 3.8) is 0 Å². The molecule has 4 nitrogen and oxygen atoms in total. The van der Waals surface area contributed by atoms with Gasteiger partial charge in [-0.25, -0.2) is 4.98 Å². The van der Waals surface area contributed by atoms with E-state index in [4.69, 9.17) is 10.00 Å². The largest absolute Gasteiger partial charge is 0.433 e. The molecule has 1 aromatic heterocycles. The summed E-state index contributed by atoms with van der Waals surface area (Å²) < 4.78 is 43.3. The van der Waals surface area contributed by atoms with Gasteiger partial charge in [0.15, 0.2) is 0 Å². The van der Waals surface area contributed by atoms with Crippen LogP contribution in [0.3, 0.4) is 0 Å². The Hall–Kier alpha value is -1.81. The molecular formula is C13H14F3N3O. The molecule has 20 heavy (non-hydrogen) atoms. The van der Waals surface area contributed by atoms with E-state index in [0.717, 1.165) is 12.1 Å². The zero-order chi connectivity index (χ0) is 14.8. The Kier molecular flexibility index (Phi) is 4.14. The number of nitrogens with one attached hydrogen (secondary N) is 1. The Morgan fingerprint density at radius 3 is 2.80 bits per heavy atom. The Morgan fingerprint density at radius 2 is 2.20 bits per heavy atom. The predicted octanol–water partition coefficient (Wildman–Crippen LogP) is 2.95. The first kappa shape index (κ1) is 14.6. The molecule has 1 N–H and O–H groups in total. The maximum Gasteiger partial charge on any atom is 0.433 e. The van der Waals surface area contributed by atoms with E-state index in [-0.39, 0.29) is 23.5 Å². The van der Waals surface area contributed by atoms with Gasteiger partial charge in [0.25, 0.3) is 0 Å². The maximum absolute atomic E-state index is 12.7. The average molecular weight is 285 g/mol. The number of halogens is 3. The second-order valence-electron chi connectivity index (χ2n) is 4.75. The number of hydrogen-bond acceptors (Lipinski definition) is 4. The molecule has 7 heteroatoms. The zero-order valence-corrected chi connectivity index (χ0v) is 10.9. The third-order valence-corrected chi connectivity index (χ3v) is 3.13. The normalized spacial score (nSPS) is 23.1. The lowest BCUT2D eigenvalue weighted by Gasteiger charge is -2.28. The highest BCUT2D eigenvalue weighted by Gasteiger charge is 2.33. The van der Waals surface area contributed by atoms with Crippen LogP contribution < -0.4 is 5.32 Å². The predicted molar refractivity (Wildman–Crippen MR) is 66.0 cm³/mol. The molecule has 0 radical (unpaired) electrons. The van der Waals surface area contributed by atoms with Crippen molar-refractivity contribution in [2.24, 2.45) is 0 Å². The second kappa shape index (κ2) is 5.67. The second-order valence-corrected chi connectivity index (χ2v) is 4.75. The summed E-state index contributed by atoms with van der Waals surface area (Å²) in [5.41, 5.74) is -0.892. The Morgan fingerprint density at radius 1 is 1.45 bits per heavy atom. The van der Waals surface area contributed by atoms with E-state index in [1.54, 1.807) is 0 Å². The van der Waals surface area contributed by atoms with Crippen LogP contribution in [0.15, 0.2) is 12.1 Å². The molecule has 1 fully saturated rings. The van der Waals surface area contributed by atoms with E-state index in [2.05, 4.69) is 10.3 Å². The molecule has 0 aliphatic carbocycles. The van der Waals surface area contributed by atoms with E-state index >= 15 is 0 Å².